The summed E-state index contributed by atoms with van der Waals surface area (Å²) in [6.07, 6.45) is 0.126. The Morgan fingerprint density at radius 1 is 1.12 bits per heavy atom. The molecule has 2 aromatic rings. The summed E-state index contributed by atoms with van der Waals surface area (Å²) in [5.41, 5.74) is 2.78. The van der Waals surface area contributed by atoms with Crippen LogP contribution in [0.5, 0.6) is 11.5 Å². The first-order valence-corrected chi connectivity index (χ1v) is 8.68. The van der Waals surface area contributed by atoms with Crippen molar-refractivity contribution in [1.29, 1.82) is 0 Å². The van der Waals surface area contributed by atoms with E-state index in [2.05, 4.69) is 10.2 Å². The number of hydrogen-bond donors (Lipinski definition) is 1. The number of rotatable bonds is 3. The van der Waals surface area contributed by atoms with Crippen molar-refractivity contribution in [3.8, 4) is 11.5 Å². The van der Waals surface area contributed by atoms with Crippen LogP contribution in [0.25, 0.3) is 0 Å². The van der Waals surface area contributed by atoms with Crippen LogP contribution in [0.15, 0.2) is 42.5 Å². The van der Waals surface area contributed by atoms with E-state index in [9.17, 15) is 4.79 Å². The highest BCUT2D eigenvalue weighted by Gasteiger charge is 2.28. The number of anilines is 1. The Hall–Kier alpha value is -2.53. The predicted octanol–water partition coefficient (Wildman–Crippen LogP) is 2.81. The lowest BCUT2D eigenvalue weighted by molar-refractivity contribution is 0.0850. The molecule has 5 nitrogen and oxygen atoms in total. The Balaban J connectivity index is 1.57. The van der Waals surface area contributed by atoms with Gasteiger partial charge in [-0.25, -0.2) is 0 Å². The van der Waals surface area contributed by atoms with E-state index in [-0.39, 0.29) is 11.9 Å². The molecule has 1 atom stereocenters. The number of nitrogens with zero attached hydrogens (tertiary/aromatic N) is 1. The number of hydrogen-bond acceptors (Lipinski definition) is 5. The average Bonchev–Trinajstić information content (AvgIpc) is 2.68. The van der Waals surface area contributed by atoms with Crippen LogP contribution in [0.2, 0.25) is 0 Å². The molecule has 0 saturated carbocycles. The van der Waals surface area contributed by atoms with Gasteiger partial charge in [0, 0.05) is 31.9 Å². The summed E-state index contributed by atoms with van der Waals surface area (Å²) in [5.74, 6) is 1.61. The summed E-state index contributed by atoms with van der Waals surface area (Å²) in [7, 11) is 1.64. The van der Waals surface area contributed by atoms with Crippen molar-refractivity contribution in [2.45, 2.75) is 12.5 Å². The highest BCUT2D eigenvalue weighted by atomic mass is 16.5. The molecular weight excluding hydrogens is 316 g/mol. The third-order valence-electron chi connectivity index (χ3n) is 4.87. The van der Waals surface area contributed by atoms with Crippen molar-refractivity contribution in [1.82, 2.24) is 5.32 Å². The highest BCUT2D eigenvalue weighted by Crippen LogP contribution is 2.37. The summed E-state index contributed by atoms with van der Waals surface area (Å²) in [6, 6.07) is 13.7. The number of piperazine rings is 1. The molecule has 0 amide bonds. The minimum atomic E-state index is -0.240. The average molecular weight is 338 g/mol. The quantitative estimate of drug-likeness (QED) is 0.933. The zero-order valence-corrected chi connectivity index (χ0v) is 14.3. The second kappa shape index (κ2) is 6.76. The SMILES string of the molecule is COc1ccc(C2CC(=O)c3cc(N4CCNCC4)ccc3O2)cc1. The number of nitrogens with one attached hydrogen (secondary N) is 1. The fraction of sp³-hybridized carbons (Fsp3) is 0.350. The number of carbonyl (C=O) groups excluding carboxylic acids is 1. The van der Waals surface area contributed by atoms with Crippen LogP contribution in [0.1, 0.15) is 28.4 Å². The van der Waals surface area contributed by atoms with Gasteiger partial charge >= 0.3 is 0 Å². The second-order valence-electron chi connectivity index (χ2n) is 6.42. The summed E-state index contributed by atoms with van der Waals surface area (Å²) >= 11 is 0. The lowest BCUT2D eigenvalue weighted by atomic mass is 9.95. The van der Waals surface area contributed by atoms with Gasteiger partial charge in [0.15, 0.2) is 5.78 Å². The van der Waals surface area contributed by atoms with E-state index in [0.717, 1.165) is 43.2 Å². The molecule has 130 valence electrons. The van der Waals surface area contributed by atoms with Crippen LogP contribution in [0.3, 0.4) is 0 Å². The van der Waals surface area contributed by atoms with Crippen LogP contribution in [0.4, 0.5) is 5.69 Å². The van der Waals surface area contributed by atoms with Gasteiger partial charge in [-0.3, -0.25) is 4.79 Å². The van der Waals surface area contributed by atoms with Gasteiger partial charge < -0.3 is 19.7 Å². The minimum Gasteiger partial charge on any atom is -0.497 e. The maximum atomic E-state index is 12.7. The third kappa shape index (κ3) is 3.20. The molecule has 0 bridgehead atoms. The van der Waals surface area contributed by atoms with E-state index in [1.807, 2.05) is 42.5 Å². The molecule has 2 heterocycles. The highest BCUT2D eigenvalue weighted by molar-refractivity contribution is 6.01. The molecule has 2 aromatic carbocycles. The smallest absolute Gasteiger partial charge is 0.170 e. The second-order valence-corrected chi connectivity index (χ2v) is 6.42. The van der Waals surface area contributed by atoms with Crippen LogP contribution in [-0.2, 0) is 0 Å². The fourth-order valence-corrected chi connectivity index (χ4v) is 3.44. The lowest BCUT2D eigenvalue weighted by Crippen LogP contribution is -2.43. The topological polar surface area (TPSA) is 50.8 Å². The Kier molecular flexibility index (Phi) is 4.32. The van der Waals surface area contributed by atoms with Crippen LogP contribution < -0.4 is 19.7 Å². The predicted molar refractivity (Wildman–Crippen MR) is 96.8 cm³/mol. The molecular formula is C20H22N2O3. The minimum absolute atomic E-state index is 0.138. The van der Waals surface area contributed by atoms with E-state index in [1.54, 1.807) is 7.11 Å². The molecule has 0 aromatic heterocycles. The number of carbonyl (C=O) groups is 1. The summed E-state index contributed by atoms with van der Waals surface area (Å²) in [4.78, 5) is 15.0. The van der Waals surface area contributed by atoms with Crippen molar-refractivity contribution in [3.05, 3.63) is 53.6 Å². The fourth-order valence-electron chi connectivity index (χ4n) is 3.44. The maximum absolute atomic E-state index is 12.7. The maximum Gasteiger partial charge on any atom is 0.170 e. The van der Waals surface area contributed by atoms with Crippen LogP contribution in [0, 0.1) is 0 Å². The summed E-state index contributed by atoms with van der Waals surface area (Å²) in [6.45, 7) is 3.87. The molecule has 0 radical (unpaired) electrons. The van der Waals surface area contributed by atoms with E-state index in [4.69, 9.17) is 9.47 Å². The van der Waals surface area contributed by atoms with Crippen molar-refractivity contribution in [3.63, 3.8) is 0 Å². The first-order chi connectivity index (χ1) is 12.2. The molecule has 2 aliphatic rings. The van der Waals surface area contributed by atoms with E-state index >= 15 is 0 Å². The van der Waals surface area contributed by atoms with Crippen molar-refractivity contribution in [2.24, 2.45) is 0 Å². The van der Waals surface area contributed by atoms with Gasteiger partial charge in [0.1, 0.15) is 17.6 Å². The number of methoxy groups -OCH3 is 1. The van der Waals surface area contributed by atoms with Crippen molar-refractivity contribution < 1.29 is 14.3 Å². The number of fused-ring (bicyclic) bond motifs is 1. The molecule has 1 saturated heterocycles. The van der Waals surface area contributed by atoms with Crippen LogP contribution in [-0.4, -0.2) is 39.1 Å². The normalized spacial score (nSPS) is 20.0. The van der Waals surface area contributed by atoms with Crippen molar-refractivity contribution >= 4 is 11.5 Å². The van der Waals surface area contributed by atoms with Gasteiger partial charge in [0.25, 0.3) is 0 Å². The van der Waals surface area contributed by atoms with Gasteiger partial charge in [-0.05, 0) is 35.9 Å². The first-order valence-electron chi connectivity index (χ1n) is 8.68. The molecule has 1 fully saturated rings. The molecule has 0 aliphatic carbocycles. The van der Waals surface area contributed by atoms with Gasteiger partial charge in [-0.2, -0.15) is 0 Å². The molecule has 25 heavy (non-hydrogen) atoms. The number of ketones is 1. The molecule has 2 aliphatic heterocycles. The molecule has 4 rings (SSSR count). The number of Topliss-reactive ketones (excluding diaryl/α,β-unsaturated/α-hetero) is 1. The van der Waals surface area contributed by atoms with E-state index < -0.39 is 0 Å². The van der Waals surface area contributed by atoms with Crippen LogP contribution >= 0.6 is 0 Å². The zero-order valence-electron chi connectivity index (χ0n) is 14.3. The van der Waals surface area contributed by atoms with Gasteiger partial charge in [0.2, 0.25) is 0 Å². The molecule has 0 spiro atoms. The monoisotopic (exact) mass is 338 g/mol. The largest absolute Gasteiger partial charge is 0.497 e. The van der Waals surface area contributed by atoms with Crippen molar-refractivity contribution in [2.75, 3.05) is 38.2 Å². The summed E-state index contributed by atoms with van der Waals surface area (Å²) < 4.78 is 11.3. The van der Waals surface area contributed by atoms with Gasteiger partial charge in [-0.15, -0.1) is 0 Å². The third-order valence-corrected chi connectivity index (χ3v) is 4.87. The molecule has 5 heteroatoms. The number of benzene rings is 2. The molecule has 1 unspecified atom stereocenters. The Labute approximate surface area is 147 Å². The lowest BCUT2D eigenvalue weighted by Gasteiger charge is -2.31. The van der Waals surface area contributed by atoms with Gasteiger partial charge in [-0.1, -0.05) is 12.1 Å². The zero-order chi connectivity index (χ0) is 17.2. The van der Waals surface area contributed by atoms with E-state index in [0.29, 0.717) is 17.7 Å². The molecule has 1 N–H and O–H groups in total. The summed E-state index contributed by atoms with van der Waals surface area (Å²) in [5, 5.41) is 3.35. The number of ether oxygens (including phenoxy) is 2. The van der Waals surface area contributed by atoms with Gasteiger partial charge in [0.05, 0.1) is 19.1 Å². The van der Waals surface area contributed by atoms with E-state index in [1.165, 1.54) is 0 Å². The Morgan fingerprint density at radius 3 is 2.60 bits per heavy atom. The Morgan fingerprint density at radius 2 is 1.88 bits per heavy atom. The Bertz CT molecular complexity index is 767. The standard InChI is InChI=1S/C20H22N2O3/c1-24-16-5-2-14(3-6-16)20-13-18(23)17-12-15(4-7-19(17)25-20)22-10-8-21-9-11-22/h2-7,12,20-21H,8-11,13H2,1H3. The first kappa shape index (κ1) is 16.0.